The molecule has 2 aliphatic rings. The molecule has 5 rings (SSSR count). The summed E-state index contributed by atoms with van der Waals surface area (Å²) in [5.74, 6) is 1.25. The zero-order chi connectivity index (χ0) is 22.8. The molecule has 3 aromatic rings. The molecule has 2 fully saturated rings. The average molecular weight is 446 g/mol. The van der Waals surface area contributed by atoms with Crippen molar-refractivity contribution in [1.82, 2.24) is 24.8 Å². The van der Waals surface area contributed by atoms with Gasteiger partial charge in [0.2, 0.25) is 11.7 Å². The van der Waals surface area contributed by atoms with Gasteiger partial charge in [-0.1, -0.05) is 18.9 Å². The molecule has 1 aliphatic heterocycles. The number of nitrogens with zero attached hydrogens (tertiary/aromatic N) is 5. The first-order valence-corrected chi connectivity index (χ1v) is 11.9. The molecule has 33 heavy (non-hydrogen) atoms. The van der Waals surface area contributed by atoms with Crippen molar-refractivity contribution in [3.05, 3.63) is 47.9 Å². The van der Waals surface area contributed by atoms with Crippen molar-refractivity contribution >= 4 is 34.3 Å². The SMILES string of the molecule is C/C=C(\C)C(=O)c1cc2cnc(Nc3ccc(N4CCNCC4)cn3)nc2n1C1CCCC1. The number of Topliss-reactive ketones (excluding diaryl/α,β-unsaturated/α-hetero) is 1. The molecule has 1 saturated carbocycles. The van der Waals surface area contributed by atoms with Crippen LogP contribution in [-0.4, -0.2) is 51.5 Å². The number of hydrogen-bond acceptors (Lipinski definition) is 7. The van der Waals surface area contributed by atoms with Crippen molar-refractivity contribution in [3.8, 4) is 0 Å². The van der Waals surface area contributed by atoms with Gasteiger partial charge in [-0.2, -0.15) is 4.98 Å². The second-order valence-corrected chi connectivity index (χ2v) is 8.87. The van der Waals surface area contributed by atoms with Crippen LogP contribution in [-0.2, 0) is 0 Å². The lowest BCUT2D eigenvalue weighted by atomic mass is 10.1. The Bertz CT molecular complexity index is 1170. The van der Waals surface area contributed by atoms with Crippen molar-refractivity contribution in [2.45, 2.75) is 45.6 Å². The molecule has 0 atom stereocenters. The van der Waals surface area contributed by atoms with Gasteiger partial charge in [0.05, 0.1) is 17.6 Å². The molecular formula is C25H31N7O. The van der Waals surface area contributed by atoms with Crippen LogP contribution in [0.2, 0.25) is 0 Å². The molecule has 0 spiro atoms. The van der Waals surface area contributed by atoms with Crippen molar-refractivity contribution < 1.29 is 4.79 Å². The summed E-state index contributed by atoms with van der Waals surface area (Å²) in [5, 5.41) is 7.50. The van der Waals surface area contributed by atoms with Crippen LogP contribution in [0.5, 0.6) is 0 Å². The highest BCUT2D eigenvalue weighted by molar-refractivity contribution is 6.09. The number of aromatic nitrogens is 4. The van der Waals surface area contributed by atoms with Crippen molar-refractivity contribution in [1.29, 1.82) is 0 Å². The lowest BCUT2D eigenvalue weighted by Gasteiger charge is -2.29. The third kappa shape index (κ3) is 4.35. The number of carbonyl (C=O) groups is 1. The molecule has 0 amide bonds. The summed E-state index contributed by atoms with van der Waals surface area (Å²) in [4.78, 5) is 29.3. The van der Waals surface area contributed by atoms with E-state index in [1.54, 1.807) is 6.20 Å². The molecule has 1 saturated heterocycles. The zero-order valence-corrected chi connectivity index (χ0v) is 19.3. The van der Waals surface area contributed by atoms with Crippen molar-refractivity contribution in [2.75, 3.05) is 36.4 Å². The second-order valence-electron chi connectivity index (χ2n) is 8.87. The number of rotatable bonds is 6. The van der Waals surface area contributed by atoms with Crippen LogP contribution in [0.4, 0.5) is 17.5 Å². The Morgan fingerprint density at radius 3 is 2.64 bits per heavy atom. The highest BCUT2D eigenvalue weighted by Crippen LogP contribution is 2.35. The number of nitrogens with one attached hydrogen (secondary N) is 2. The molecule has 0 aromatic carbocycles. The van der Waals surface area contributed by atoms with Crippen LogP contribution >= 0.6 is 0 Å². The van der Waals surface area contributed by atoms with Crippen LogP contribution in [0.25, 0.3) is 11.0 Å². The van der Waals surface area contributed by atoms with Gasteiger partial charge in [0.25, 0.3) is 0 Å². The minimum atomic E-state index is 0.0575. The van der Waals surface area contributed by atoms with Crippen LogP contribution in [0.1, 0.15) is 56.1 Å². The fourth-order valence-electron chi connectivity index (χ4n) is 4.79. The number of allylic oxidation sites excluding steroid dienone is 2. The summed E-state index contributed by atoms with van der Waals surface area (Å²) in [5.41, 5.74) is 3.38. The minimum Gasteiger partial charge on any atom is -0.368 e. The van der Waals surface area contributed by atoms with Gasteiger partial charge in [-0.25, -0.2) is 9.97 Å². The van der Waals surface area contributed by atoms with E-state index in [0.29, 0.717) is 23.5 Å². The minimum absolute atomic E-state index is 0.0575. The van der Waals surface area contributed by atoms with E-state index in [1.807, 2.05) is 38.3 Å². The number of pyridine rings is 1. The number of anilines is 3. The Balaban J connectivity index is 1.45. The molecule has 172 valence electrons. The topological polar surface area (TPSA) is 88.0 Å². The van der Waals surface area contributed by atoms with E-state index in [-0.39, 0.29) is 5.78 Å². The van der Waals surface area contributed by atoms with Crippen LogP contribution in [0.3, 0.4) is 0 Å². The van der Waals surface area contributed by atoms with Gasteiger partial charge in [0, 0.05) is 43.8 Å². The molecule has 8 heteroatoms. The highest BCUT2D eigenvalue weighted by atomic mass is 16.1. The summed E-state index contributed by atoms with van der Waals surface area (Å²) in [6.07, 6.45) is 10.1. The summed E-state index contributed by atoms with van der Waals surface area (Å²) in [6, 6.07) is 6.28. The first-order valence-electron chi connectivity index (χ1n) is 11.9. The van der Waals surface area contributed by atoms with Gasteiger partial charge < -0.3 is 20.1 Å². The Labute approximate surface area is 194 Å². The zero-order valence-electron chi connectivity index (χ0n) is 19.3. The molecule has 1 aliphatic carbocycles. The van der Waals surface area contributed by atoms with E-state index in [0.717, 1.165) is 61.3 Å². The standard InChI is InChI=1S/C25H31N7O/c1-3-17(2)23(33)21-14-18-15-28-25(30-24(18)32(21)19-6-4-5-7-19)29-22-9-8-20(16-27-22)31-12-10-26-11-13-31/h3,8-9,14-16,19,26H,4-7,10-13H2,1-2H3,(H,27,28,29,30)/b17-3+. The Morgan fingerprint density at radius 1 is 1.15 bits per heavy atom. The summed E-state index contributed by atoms with van der Waals surface area (Å²) in [6.45, 7) is 7.73. The number of fused-ring (bicyclic) bond motifs is 1. The van der Waals surface area contributed by atoms with Gasteiger partial charge in [0.15, 0.2) is 0 Å². The second kappa shape index (κ2) is 9.31. The average Bonchev–Trinajstić information content (AvgIpc) is 3.51. The molecule has 8 nitrogen and oxygen atoms in total. The molecule has 0 radical (unpaired) electrons. The van der Waals surface area contributed by atoms with E-state index in [4.69, 9.17) is 4.98 Å². The molecule has 3 aromatic heterocycles. The molecule has 0 unspecified atom stereocenters. The molecular weight excluding hydrogens is 414 g/mol. The fourth-order valence-corrected chi connectivity index (χ4v) is 4.79. The molecule has 0 bridgehead atoms. The van der Waals surface area contributed by atoms with Gasteiger partial charge in [-0.05, 0) is 50.5 Å². The summed E-state index contributed by atoms with van der Waals surface area (Å²) >= 11 is 0. The Hall–Kier alpha value is -3.26. The van der Waals surface area contributed by atoms with E-state index in [9.17, 15) is 4.79 Å². The Morgan fingerprint density at radius 2 is 1.94 bits per heavy atom. The van der Waals surface area contributed by atoms with Crippen LogP contribution < -0.4 is 15.5 Å². The van der Waals surface area contributed by atoms with E-state index >= 15 is 0 Å². The van der Waals surface area contributed by atoms with Gasteiger partial charge in [0.1, 0.15) is 11.5 Å². The predicted octanol–water partition coefficient (Wildman–Crippen LogP) is 4.24. The number of piperazine rings is 1. The smallest absolute Gasteiger partial charge is 0.230 e. The highest BCUT2D eigenvalue weighted by Gasteiger charge is 2.26. The molecule has 4 heterocycles. The van der Waals surface area contributed by atoms with Crippen molar-refractivity contribution in [3.63, 3.8) is 0 Å². The number of hydrogen-bond donors (Lipinski definition) is 2. The summed E-state index contributed by atoms with van der Waals surface area (Å²) in [7, 11) is 0. The largest absolute Gasteiger partial charge is 0.368 e. The normalized spacial score (nSPS) is 17.6. The number of ketones is 1. The lowest BCUT2D eigenvalue weighted by Crippen LogP contribution is -2.43. The molecule has 2 N–H and O–H groups in total. The van der Waals surface area contributed by atoms with Crippen molar-refractivity contribution in [2.24, 2.45) is 0 Å². The lowest BCUT2D eigenvalue weighted by molar-refractivity contribution is 0.102. The fraction of sp³-hybridized carbons (Fsp3) is 0.440. The first-order chi connectivity index (χ1) is 16.1. The summed E-state index contributed by atoms with van der Waals surface area (Å²) < 4.78 is 2.14. The monoisotopic (exact) mass is 445 g/mol. The first kappa shape index (κ1) is 21.6. The van der Waals surface area contributed by atoms with E-state index < -0.39 is 0 Å². The van der Waals surface area contributed by atoms with E-state index in [1.165, 1.54) is 12.8 Å². The Kier molecular flexibility index (Phi) is 6.09. The third-order valence-corrected chi connectivity index (χ3v) is 6.76. The van der Waals surface area contributed by atoms with Gasteiger partial charge in [-0.3, -0.25) is 4.79 Å². The van der Waals surface area contributed by atoms with Crippen LogP contribution in [0.15, 0.2) is 42.2 Å². The van der Waals surface area contributed by atoms with Gasteiger partial charge >= 0.3 is 0 Å². The predicted molar refractivity (Wildman–Crippen MR) is 131 cm³/mol. The maximum Gasteiger partial charge on any atom is 0.230 e. The maximum atomic E-state index is 13.1. The quantitative estimate of drug-likeness (QED) is 0.433. The third-order valence-electron chi connectivity index (χ3n) is 6.76. The van der Waals surface area contributed by atoms with Gasteiger partial charge in [-0.15, -0.1) is 0 Å². The maximum absolute atomic E-state index is 13.1. The van der Waals surface area contributed by atoms with Crippen LogP contribution in [0, 0.1) is 0 Å². The number of carbonyl (C=O) groups excluding carboxylic acids is 1. The van der Waals surface area contributed by atoms with E-state index in [2.05, 4.69) is 36.1 Å².